The van der Waals surface area contributed by atoms with E-state index in [0.717, 1.165) is 12.2 Å². The van der Waals surface area contributed by atoms with Gasteiger partial charge in [-0.25, -0.2) is 0 Å². The van der Waals surface area contributed by atoms with Crippen LogP contribution in [0.1, 0.15) is 25.5 Å². The lowest BCUT2D eigenvalue weighted by Crippen LogP contribution is -2.32. The molecule has 1 rings (SSSR count). The normalized spacial score (nSPS) is 12.5. The van der Waals surface area contributed by atoms with Crippen molar-refractivity contribution in [2.45, 2.75) is 32.4 Å². The Hall–Kier alpha value is -0.810. The van der Waals surface area contributed by atoms with Crippen molar-refractivity contribution in [3.8, 4) is 0 Å². The van der Waals surface area contributed by atoms with Gasteiger partial charge >= 0.3 is 0 Å². The minimum Gasteiger partial charge on any atom is -0.452 e. The summed E-state index contributed by atoms with van der Waals surface area (Å²) in [5, 5.41) is 0. The summed E-state index contributed by atoms with van der Waals surface area (Å²) in [6.07, 6.45) is 1.20. The third-order valence-corrected chi connectivity index (χ3v) is 2.84. The molecule has 0 radical (unpaired) electrons. The molecule has 0 saturated carbocycles. The van der Waals surface area contributed by atoms with Crippen LogP contribution in [0, 0.1) is 0 Å². The fraction of sp³-hybridized carbons (Fsp3) is 0.545. The van der Waals surface area contributed by atoms with Crippen molar-refractivity contribution < 1.29 is 9.21 Å². The van der Waals surface area contributed by atoms with E-state index in [0.29, 0.717) is 17.6 Å². The molecule has 2 N–H and O–H groups in total. The van der Waals surface area contributed by atoms with E-state index in [4.69, 9.17) is 10.2 Å². The second-order valence-electron chi connectivity index (χ2n) is 3.83. The highest BCUT2D eigenvalue weighted by atomic mass is 79.9. The number of halogens is 1. The molecular weight excluding hydrogens is 272 g/mol. The number of amides is 1. The lowest BCUT2D eigenvalue weighted by molar-refractivity contribution is -0.131. The van der Waals surface area contributed by atoms with Crippen LogP contribution in [0.5, 0.6) is 0 Å². The molecule has 0 spiro atoms. The fourth-order valence-electron chi connectivity index (χ4n) is 1.28. The van der Waals surface area contributed by atoms with Gasteiger partial charge in [-0.3, -0.25) is 4.79 Å². The molecule has 1 aromatic rings. The van der Waals surface area contributed by atoms with E-state index in [1.54, 1.807) is 11.9 Å². The first-order valence-corrected chi connectivity index (χ1v) is 6.06. The number of rotatable bonds is 5. The molecule has 1 aromatic heterocycles. The number of hydrogen-bond acceptors (Lipinski definition) is 3. The molecule has 0 aromatic carbocycles. The second kappa shape index (κ2) is 6.06. The Kier molecular flexibility index (Phi) is 5.02. The van der Waals surface area contributed by atoms with Crippen molar-refractivity contribution >= 4 is 21.8 Å². The van der Waals surface area contributed by atoms with Crippen molar-refractivity contribution in [3.05, 3.63) is 22.6 Å². The zero-order valence-electron chi connectivity index (χ0n) is 9.57. The van der Waals surface area contributed by atoms with Gasteiger partial charge in [0.05, 0.1) is 6.54 Å². The van der Waals surface area contributed by atoms with Crippen molar-refractivity contribution in [3.63, 3.8) is 0 Å². The highest BCUT2D eigenvalue weighted by Gasteiger charge is 2.14. The smallest absolute Gasteiger partial charge is 0.224 e. The quantitative estimate of drug-likeness (QED) is 0.903. The maximum Gasteiger partial charge on any atom is 0.224 e. The predicted molar refractivity (Wildman–Crippen MR) is 65.8 cm³/mol. The molecule has 0 saturated heterocycles. The SMILES string of the molecule is CCC(N)CC(=O)N(C)Cc1ccc(Br)o1. The predicted octanol–water partition coefficient (Wildman–Crippen LogP) is 2.13. The minimum absolute atomic E-state index is 0.0434. The largest absolute Gasteiger partial charge is 0.452 e. The van der Waals surface area contributed by atoms with Crippen LogP contribution in [0.3, 0.4) is 0 Å². The van der Waals surface area contributed by atoms with Crippen LogP contribution < -0.4 is 5.73 Å². The number of hydrogen-bond donors (Lipinski definition) is 1. The topological polar surface area (TPSA) is 59.5 Å². The van der Waals surface area contributed by atoms with Crippen LogP contribution in [-0.4, -0.2) is 23.9 Å². The summed E-state index contributed by atoms with van der Waals surface area (Å²) in [6, 6.07) is 3.59. The van der Waals surface area contributed by atoms with Gasteiger partial charge in [0, 0.05) is 19.5 Å². The highest BCUT2D eigenvalue weighted by molar-refractivity contribution is 9.10. The number of nitrogens with two attached hydrogens (primary N) is 1. The lowest BCUT2D eigenvalue weighted by atomic mass is 10.1. The van der Waals surface area contributed by atoms with E-state index in [1.807, 2.05) is 19.1 Å². The number of furan rings is 1. The van der Waals surface area contributed by atoms with Crippen molar-refractivity contribution in [1.29, 1.82) is 0 Å². The molecule has 4 nitrogen and oxygen atoms in total. The molecule has 0 aliphatic rings. The van der Waals surface area contributed by atoms with E-state index in [9.17, 15) is 4.79 Å². The van der Waals surface area contributed by atoms with Crippen LogP contribution in [0.15, 0.2) is 21.2 Å². The summed E-state index contributed by atoms with van der Waals surface area (Å²) >= 11 is 3.22. The van der Waals surface area contributed by atoms with Gasteiger partial charge in [0.2, 0.25) is 5.91 Å². The highest BCUT2D eigenvalue weighted by Crippen LogP contribution is 2.15. The van der Waals surface area contributed by atoms with Crippen LogP contribution in [0.25, 0.3) is 0 Å². The molecule has 90 valence electrons. The van der Waals surface area contributed by atoms with Crippen LogP contribution in [0.4, 0.5) is 0 Å². The second-order valence-corrected chi connectivity index (χ2v) is 4.61. The van der Waals surface area contributed by atoms with Crippen molar-refractivity contribution in [2.75, 3.05) is 7.05 Å². The Balaban J connectivity index is 2.45. The standard InChI is InChI=1S/C11H17BrN2O2/c1-3-8(13)6-11(15)14(2)7-9-4-5-10(12)16-9/h4-5,8H,3,6-7,13H2,1-2H3. The third-order valence-electron chi connectivity index (χ3n) is 2.41. The Morgan fingerprint density at radius 1 is 1.62 bits per heavy atom. The van der Waals surface area contributed by atoms with E-state index >= 15 is 0 Å². The summed E-state index contributed by atoms with van der Waals surface area (Å²) in [7, 11) is 1.75. The molecule has 16 heavy (non-hydrogen) atoms. The van der Waals surface area contributed by atoms with Gasteiger partial charge in [-0.2, -0.15) is 0 Å². The Bertz CT molecular complexity index is 352. The van der Waals surface area contributed by atoms with Gasteiger partial charge in [-0.15, -0.1) is 0 Å². The molecule has 1 amide bonds. The minimum atomic E-state index is -0.0571. The van der Waals surface area contributed by atoms with Gasteiger partial charge in [-0.1, -0.05) is 6.92 Å². The summed E-state index contributed by atoms with van der Waals surface area (Å²) < 4.78 is 6.00. The number of nitrogens with zero attached hydrogens (tertiary/aromatic N) is 1. The third kappa shape index (κ3) is 3.98. The van der Waals surface area contributed by atoms with Crippen LogP contribution in [-0.2, 0) is 11.3 Å². The molecule has 1 unspecified atom stereocenters. The number of carbonyl (C=O) groups is 1. The Morgan fingerprint density at radius 2 is 2.31 bits per heavy atom. The maximum atomic E-state index is 11.7. The maximum absolute atomic E-state index is 11.7. The van der Waals surface area contributed by atoms with E-state index in [1.165, 1.54) is 0 Å². The fourth-order valence-corrected chi connectivity index (χ4v) is 1.62. The van der Waals surface area contributed by atoms with Crippen molar-refractivity contribution in [2.24, 2.45) is 5.73 Å². The van der Waals surface area contributed by atoms with Crippen LogP contribution >= 0.6 is 15.9 Å². The first-order valence-electron chi connectivity index (χ1n) is 5.26. The first-order chi connectivity index (χ1) is 7.52. The van der Waals surface area contributed by atoms with Gasteiger partial charge < -0.3 is 15.1 Å². The van der Waals surface area contributed by atoms with Crippen LogP contribution in [0.2, 0.25) is 0 Å². The molecule has 0 aliphatic heterocycles. The zero-order valence-corrected chi connectivity index (χ0v) is 11.2. The van der Waals surface area contributed by atoms with Gasteiger partial charge in [0.15, 0.2) is 4.67 Å². The first kappa shape index (κ1) is 13.3. The Labute approximate surface area is 104 Å². The lowest BCUT2D eigenvalue weighted by Gasteiger charge is -2.17. The summed E-state index contributed by atoms with van der Waals surface area (Å²) in [5.74, 6) is 0.801. The van der Waals surface area contributed by atoms with E-state index in [-0.39, 0.29) is 11.9 Å². The molecular formula is C11H17BrN2O2. The van der Waals surface area contributed by atoms with E-state index < -0.39 is 0 Å². The monoisotopic (exact) mass is 288 g/mol. The van der Waals surface area contributed by atoms with Gasteiger partial charge in [-0.05, 0) is 34.5 Å². The zero-order chi connectivity index (χ0) is 12.1. The average Bonchev–Trinajstić information content (AvgIpc) is 2.63. The van der Waals surface area contributed by atoms with Gasteiger partial charge in [0.1, 0.15) is 5.76 Å². The van der Waals surface area contributed by atoms with E-state index in [2.05, 4.69) is 15.9 Å². The molecule has 0 bridgehead atoms. The number of carbonyl (C=O) groups excluding carboxylic acids is 1. The van der Waals surface area contributed by atoms with Crippen molar-refractivity contribution in [1.82, 2.24) is 4.90 Å². The molecule has 0 aliphatic carbocycles. The van der Waals surface area contributed by atoms with Gasteiger partial charge in [0.25, 0.3) is 0 Å². The summed E-state index contributed by atoms with van der Waals surface area (Å²) in [5.41, 5.74) is 5.73. The summed E-state index contributed by atoms with van der Waals surface area (Å²) in [6.45, 7) is 2.45. The molecule has 1 heterocycles. The molecule has 1 atom stereocenters. The average molecular weight is 289 g/mol. The summed E-state index contributed by atoms with van der Waals surface area (Å²) in [4.78, 5) is 13.3. The Morgan fingerprint density at radius 3 is 2.81 bits per heavy atom. The molecule has 5 heteroatoms. The molecule has 0 fully saturated rings.